The number of carbonyl (C=O) groups is 1. The maximum absolute atomic E-state index is 11.4. The maximum Gasteiger partial charge on any atom is 0.269 e. The molecule has 0 unspecified atom stereocenters. The SMILES string of the molecule is Cc1ccc(C)c(NC(=S)Nc2cnn(C)c2C(N)=O)c1. The average Bonchev–Trinajstić information content (AvgIpc) is 2.75. The Morgan fingerprint density at radius 2 is 1.95 bits per heavy atom. The lowest BCUT2D eigenvalue weighted by molar-refractivity contribution is 0.0992. The van der Waals surface area contributed by atoms with Gasteiger partial charge >= 0.3 is 0 Å². The van der Waals surface area contributed by atoms with Crippen LogP contribution in [0.3, 0.4) is 0 Å². The van der Waals surface area contributed by atoms with Gasteiger partial charge in [0.15, 0.2) is 5.11 Å². The van der Waals surface area contributed by atoms with Gasteiger partial charge in [-0.2, -0.15) is 5.10 Å². The summed E-state index contributed by atoms with van der Waals surface area (Å²) >= 11 is 5.26. The number of aryl methyl sites for hydroxylation is 3. The molecule has 0 atom stereocenters. The van der Waals surface area contributed by atoms with Crippen molar-refractivity contribution < 1.29 is 4.79 Å². The molecule has 1 heterocycles. The minimum absolute atomic E-state index is 0.278. The Morgan fingerprint density at radius 1 is 1.29 bits per heavy atom. The van der Waals surface area contributed by atoms with Crippen molar-refractivity contribution in [2.45, 2.75) is 13.8 Å². The van der Waals surface area contributed by atoms with Crippen LogP contribution in [-0.4, -0.2) is 20.8 Å². The molecule has 0 fully saturated rings. The van der Waals surface area contributed by atoms with Gasteiger partial charge in [0.25, 0.3) is 5.91 Å². The van der Waals surface area contributed by atoms with Crippen molar-refractivity contribution in [3.8, 4) is 0 Å². The zero-order valence-corrected chi connectivity index (χ0v) is 12.9. The number of amides is 1. The Hall–Kier alpha value is -2.41. The van der Waals surface area contributed by atoms with Crippen LogP contribution in [0.5, 0.6) is 0 Å². The molecule has 0 saturated heterocycles. The van der Waals surface area contributed by atoms with E-state index in [1.807, 2.05) is 32.0 Å². The minimum Gasteiger partial charge on any atom is -0.364 e. The fourth-order valence-corrected chi connectivity index (χ4v) is 2.19. The highest BCUT2D eigenvalue weighted by molar-refractivity contribution is 7.80. The van der Waals surface area contributed by atoms with Crippen LogP contribution in [0.1, 0.15) is 21.6 Å². The van der Waals surface area contributed by atoms with Crippen LogP contribution in [0.25, 0.3) is 0 Å². The quantitative estimate of drug-likeness (QED) is 0.755. The number of nitrogens with two attached hydrogens (primary N) is 1. The summed E-state index contributed by atoms with van der Waals surface area (Å²) in [5.41, 5.74) is 9.20. The van der Waals surface area contributed by atoms with E-state index in [0.29, 0.717) is 10.8 Å². The lowest BCUT2D eigenvalue weighted by Gasteiger charge is -2.13. The molecule has 2 aromatic rings. The Kier molecular flexibility index (Phi) is 4.23. The van der Waals surface area contributed by atoms with Gasteiger partial charge in [-0.15, -0.1) is 0 Å². The number of anilines is 2. The topological polar surface area (TPSA) is 85.0 Å². The van der Waals surface area contributed by atoms with Crippen molar-refractivity contribution in [1.82, 2.24) is 9.78 Å². The molecule has 110 valence electrons. The van der Waals surface area contributed by atoms with E-state index >= 15 is 0 Å². The zero-order chi connectivity index (χ0) is 15.6. The number of carbonyl (C=O) groups excluding carboxylic acids is 1. The second-order valence-corrected chi connectivity index (χ2v) is 5.20. The number of nitrogens with zero attached hydrogens (tertiary/aromatic N) is 2. The molecule has 4 N–H and O–H groups in total. The van der Waals surface area contributed by atoms with E-state index in [1.165, 1.54) is 10.9 Å². The van der Waals surface area contributed by atoms with Crippen LogP contribution in [-0.2, 0) is 7.05 Å². The first-order valence-corrected chi connectivity index (χ1v) is 6.76. The van der Waals surface area contributed by atoms with E-state index in [4.69, 9.17) is 18.0 Å². The zero-order valence-electron chi connectivity index (χ0n) is 12.1. The highest BCUT2D eigenvalue weighted by atomic mass is 32.1. The fourth-order valence-electron chi connectivity index (χ4n) is 1.97. The highest BCUT2D eigenvalue weighted by Gasteiger charge is 2.15. The summed E-state index contributed by atoms with van der Waals surface area (Å²) in [6, 6.07) is 6.05. The van der Waals surface area contributed by atoms with Crippen molar-refractivity contribution in [3.05, 3.63) is 41.2 Å². The third kappa shape index (κ3) is 3.38. The molecule has 0 aliphatic heterocycles. The number of aromatic nitrogens is 2. The number of thiocarbonyl (C=S) groups is 1. The number of nitrogens with one attached hydrogen (secondary N) is 2. The fraction of sp³-hybridized carbons (Fsp3) is 0.214. The lowest BCUT2D eigenvalue weighted by atomic mass is 10.1. The first-order valence-electron chi connectivity index (χ1n) is 6.35. The van der Waals surface area contributed by atoms with E-state index in [9.17, 15) is 4.79 Å². The molecule has 1 amide bonds. The van der Waals surface area contributed by atoms with E-state index in [0.717, 1.165) is 16.8 Å². The monoisotopic (exact) mass is 303 g/mol. The van der Waals surface area contributed by atoms with Crippen molar-refractivity contribution in [1.29, 1.82) is 0 Å². The molecule has 21 heavy (non-hydrogen) atoms. The van der Waals surface area contributed by atoms with Gasteiger partial charge < -0.3 is 16.4 Å². The van der Waals surface area contributed by atoms with Crippen LogP contribution < -0.4 is 16.4 Å². The van der Waals surface area contributed by atoms with Gasteiger partial charge in [0.2, 0.25) is 0 Å². The second-order valence-electron chi connectivity index (χ2n) is 4.79. The van der Waals surface area contributed by atoms with Crippen molar-refractivity contribution in [2.75, 3.05) is 10.6 Å². The van der Waals surface area contributed by atoms with Crippen LogP contribution in [0.4, 0.5) is 11.4 Å². The summed E-state index contributed by atoms with van der Waals surface area (Å²) in [5.74, 6) is -0.563. The first kappa shape index (κ1) is 15.0. The molecule has 0 aliphatic rings. The van der Waals surface area contributed by atoms with Gasteiger partial charge in [-0.3, -0.25) is 9.48 Å². The predicted octanol–water partition coefficient (Wildman–Crippen LogP) is 1.94. The van der Waals surface area contributed by atoms with Gasteiger partial charge in [0.05, 0.1) is 11.9 Å². The Morgan fingerprint density at radius 3 is 2.62 bits per heavy atom. The van der Waals surface area contributed by atoms with Gasteiger partial charge in [-0.05, 0) is 43.3 Å². The minimum atomic E-state index is -0.563. The number of hydrogen-bond acceptors (Lipinski definition) is 3. The van der Waals surface area contributed by atoms with E-state index in [-0.39, 0.29) is 5.69 Å². The van der Waals surface area contributed by atoms with Crippen molar-refractivity contribution >= 4 is 34.6 Å². The molecule has 6 nitrogen and oxygen atoms in total. The number of rotatable bonds is 3. The Balaban J connectivity index is 2.16. The van der Waals surface area contributed by atoms with Crippen LogP contribution >= 0.6 is 12.2 Å². The first-order chi connectivity index (χ1) is 9.88. The summed E-state index contributed by atoms with van der Waals surface area (Å²) in [7, 11) is 1.65. The second kappa shape index (κ2) is 5.92. The van der Waals surface area contributed by atoms with E-state index in [2.05, 4.69) is 15.7 Å². The van der Waals surface area contributed by atoms with Gasteiger partial charge in [0.1, 0.15) is 5.69 Å². The molecule has 0 spiro atoms. The van der Waals surface area contributed by atoms with Gasteiger partial charge in [-0.1, -0.05) is 12.1 Å². The molecule has 0 aliphatic carbocycles. The van der Waals surface area contributed by atoms with Crippen LogP contribution in [0.15, 0.2) is 24.4 Å². The van der Waals surface area contributed by atoms with E-state index in [1.54, 1.807) is 7.05 Å². The Labute approximate surface area is 128 Å². The molecule has 0 bridgehead atoms. The summed E-state index contributed by atoms with van der Waals surface area (Å²) in [6.45, 7) is 4.00. The van der Waals surface area contributed by atoms with Gasteiger partial charge in [-0.25, -0.2) is 0 Å². The molecule has 0 radical (unpaired) electrons. The third-order valence-electron chi connectivity index (χ3n) is 3.06. The normalized spacial score (nSPS) is 10.2. The molecule has 1 aromatic carbocycles. The van der Waals surface area contributed by atoms with Crippen LogP contribution in [0, 0.1) is 13.8 Å². The summed E-state index contributed by atoms with van der Waals surface area (Å²) in [5, 5.41) is 10.4. The van der Waals surface area contributed by atoms with Gasteiger partial charge in [0, 0.05) is 12.7 Å². The molecule has 0 saturated carbocycles. The standard InChI is InChI=1S/C14H17N5OS/c1-8-4-5-9(2)10(6-8)17-14(21)18-11-7-16-19(3)12(11)13(15)20/h4-7H,1-3H3,(H2,15,20)(H2,17,18,21). The average molecular weight is 303 g/mol. The van der Waals surface area contributed by atoms with E-state index < -0.39 is 5.91 Å². The summed E-state index contributed by atoms with van der Waals surface area (Å²) in [6.07, 6.45) is 1.51. The highest BCUT2D eigenvalue weighted by Crippen LogP contribution is 2.18. The largest absolute Gasteiger partial charge is 0.364 e. The summed E-state index contributed by atoms with van der Waals surface area (Å²) < 4.78 is 1.41. The number of hydrogen-bond donors (Lipinski definition) is 3. The van der Waals surface area contributed by atoms with Crippen molar-refractivity contribution in [3.63, 3.8) is 0 Å². The third-order valence-corrected chi connectivity index (χ3v) is 3.27. The maximum atomic E-state index is 11.4. The molecule has 2 rings (SSSR count). The number of primary amides is 1. The molecule has 1 aromatic heterocycles. The molecule has 7 heteroatoms. The van der Waals surface area contributed by atoms with Crippen molar-refractivity contribution in [2.24, 2.45) is 12.8 Å². The van der Waals surface area contributed by atoms with Crippen LogP contribution in [0.2, 0.25) is 0 Å². The smallest absolute Gasteiger partial charge is 0.269 e. The predicted molar refractivity (Wildman–Crippen MR) is 87.5 cm³/mol. The Bertz CT molecular complexity index is 707. The number of benzene rings is 1. The molecular weight excluding hydrogens is 286 g/mol. The lowest BCUT2D eigenvalue weighted by Crippen LogP contribution is -2.23. The molecular formula is C14H17N5OS. The summed E-state index contributed by atoms with van der Waals surface area (Å²) in [4.78, 5) is 11.4.